The lowest BCUT2D eigenvalue weighted by atomic mass is 9.81. The number of rotatable bonds is 3. The van der Waals surface area contributed by atoms with E-state index in [1.54, 1.807) is 0 Å². The molecule has 3 aliphatic rings. The molecule has 2 saturated heterocycles. The van der Waals surface area contributed by atoms with Crippen LogP contribution >= 0.6 is 0 Å². The van der Waals surface area contributed by atoms with Crippen LogP contribution in [0.5, 0.6) is 5.75 Å². The van der Waals surface area contributed by atoms with Gasteiger partial charge in [-0.3, -0.25) is 4.21 Å². The van der Waals surface area contributed by atoms with E-state index < -0.39 is 16.4 Å². The first kappa shape index (κ1) is 14.7. The van der Waals surface area contributed by atoms with Crippen LogP contribution < -0.4 is 4.74 Å². The van der Waals surface area contributed by atoms with Crippen molar-refractivity contribution in [3.8, 4) is 5.75 Å². The minimum Gasteiger partial charge on any atom is -0.493 e. The zero-order chi connectivity index (χ0) is 15.2. The summed E-state index contributed by atoms with van der Waals surface area (Å²) in [5.74, 6) is 1.02. The monoisotopic (exact) mass is 320 g/mol. The van der Waals surface area contributed by atoms with Crippen LogP contribution in [0.4, 0.5) is 0 Å². The second-order valence-electron chi connectivity index (χ2n) is 7.18. The Bertz CT molecular complexity index is 582. The number of hydrogen-bond donors (Lipinski definition) is 1. The van der Waals surface area contributed by atoms with Gasteiger partial charge in [-0.1, -0.05) is 18.6 Å². The van der Waals surface area contributed by atoms with Crippen molar-refractivity contribution in [1.82, 2.24) is 0 Å². The zero-order valence-corrected chi connectivity index (χ0v) is 13.7. The van der Waals surface area contributed by atoms with Crippen molar-refractivity contribution in [2.45, 2.75) is 67.5 Å². The molecule has 3 heterocycles. The molecule has 22 heavy (non-hydrogen) atoms. The third kappa shape index (κ3) is 2.71. The molecule has 2 bridgehead atoms. The molecule has 0 aliphatic carbocycles. The maximum absolute atomic E-state index is 12.3. The SMILES string of the molecule is O=S1C2CCCC1CC(O)(CCc1ccc3c(c1)CCO3)C2. The fourth-order valence-electron chi connectivity index (χ4n) is 4.35. The molecule has 0 spiro atoms. The van der Waals surface area contributed by atoms with Crippen LogP contribution in [-0.4, -0.2) is 32.0 Å². The Balaban J connectivity index is 1.44. The van der Waals surface area contributed by atoms with E-state index >= 15 is 0 Å². The predicted octanol–water partition coefficient (Wildman–Crippen LogP) is 2.75. The van der Waals surface area contributed by atoms with Gasteiger partial charge in [0.15, 0.2) is 0 Å². The van der Waals surface area contributed by atoms with Crippen molar-refractivity contribution in [3.05, 3.63) is 29.3 Å². The van der Waals surface area contributed by atoms with Gasteiger partial charge in [0.25, 0.3) is 0 Å². The van der Waals surface area contributed by atoms with Crippen molar-refractivity contribution in [3.63, 3.8) is 0 Å². The molecule has 3 nitrogen and oxygen atoms in total. The quantitative estimate of drug-likeness (QED) is 0.931. The van der Waals surface area contributed by atoms with E-state index in [1.807, 2.05) is 0 Å². The van der Waals surface area contributed by atoms with E-state index in [0.29, 0.717) is 0 Å². The fraction of sp³-hybridized carbons (Fsp3) is 0.667. The molecular formula is C18H24O3S. The van der Waals surface area contributed by atoms with Crippen LogP contribution in [0.3, 0.4) is 0 Å². The maximum Gasteiger partial charge on any atom is 0.122 e. The molecule has 1 N–H and O–H groups in total. The molecule has 0 amide bonds. The summed E-state index contributed by atoms with van der Waals surface area (Å²) in [6.45, 7) is 0.790. The molecule has 0 radical (unpaired) electrons. The average molecular weight is 320 g/mol. The maximum atomic E-state index is 12.3. The summed E-state index contributed by atoms with van der Waals surface area (Å²) in [5.41, 5.74) is 1.97. The lowest BCUT2D eigenvalue weighted by molar-refractivity contribution is 0.00339. The second kappa shape index (κ2) is 5.64. The molecule has 0 aromatic heterocycles. The minimum atomic E-state index is -0.707. The summed E-state index contributed by atoms with van der Waals surface area (Å²) in [4.78, 5) is 0. The minimum absolute atomic E-state index is 0.228. The first-order valence-corrected chi connectivity index (χ1v) is 9.77. The summed E-state index contributed by atoms with van der Waals surface area (Å²) in [6.07, 6.45) is 7.38. The van der Waals surface area contributed by atoms with Crippen molar-refractivity contribution >= 4 is 10.8 Å². The predicted molar refractivity (Wildman–Crippen MR) is 87.7 cm³/mol. The van der Waals surface area contributed by atoms with Gasteiger partial charge in [-0.15, -0.1) is 0 Å². The zero-order valence-electron chi connectivity index (χ0n) is 12.9. The average Bonchev–Trinajstić information content (AvgIpc) is 2.95. The highest BCUT2D eigenvalue weighted by molar-refractivity contribution is 7.86. The highest BCUT2D eigenvalue weighted by Gasteiger charge is 2.45. The van der Waals surface area contributed by atoms with Crippen LogP contribution in [-0.2, 0) is 23.6 Å². The van der Waals surface area contributed by atoms with Gasteiger partial charge in [-0.05, 0) is 55.7 Å². The number of hydrogen-bond acceptors (Lipinski definition) is 3. The number of ether oxygens (including phenoxy) is 1. The molecule has 2 unspecified atom stereocenters. The Hall–Kier alpha value is -0.870. The van der Waals surface area contributed by atoms with Gasteiger partial charge in [-0.2, -0.15) is 0 Å². The van der Waals surface area contributed by atoms with Gasteiger partial charge in [0, 0.05) is 27.7 Å². The molecule has 2 fully saturated rings. The third-order valence-electron chi connectivity index (χ3n) is 5.56. The lowest BCUT2D eigenvalue weighted by Gasteiger charge is -2.43. The van der Waals surface area contributed by atoms with E-state index in [1.165, 1.54) is 17.5 Å². The summed E-state index contributed by atoms with van der Waals surface area (Å²) >= 11 is 0. The number of benzene rings is 1. The number of aliphatic hydroxyl groups is 1. The van der Waals surface area contributed by atoms with E-state index in [0.717, 1.165) is 57.3 Å². The van der Waals surface area contributed by atoms with Crippen LogP contribution in [0.1, 0.15) is 49.7 Å². The summed E-state index contributed by atoms with van der Waals surface area (Å²) < 4.78 is 17.8. The Labute approximate surface area is 134 Å². The topological polar surface area (TPSA) is 46.5 Å². The highest BCUT2D eigenvalue weighted by Crippen LogP contribution is 2.41. The Morgan fingerprint density at radius 1 is 1.27 bits per heavy atom. The van der Waals surface area contributed by atoms with E-state index in [2.05, 4.69) is 18.2 Å². The summed E-state index contributed by atoms with van der Waals surface area (Å²) in [7, 11) is -0.707. The highest BCUT2D eigenvalue weighted by atomic mass is 32.2. The molecule has 120 valence electrons. The van der Waals surface area contributed by atoms with Crippen molar-refractivity contribution in [2.75, 3.05) is 6.61 Å². The second-order valence-corrected chi connectivity index (χ2v) is 9.17. The van der Waals surface area contributed by atoms with Gasteiger partial charge in [0.1, 0.15) is 5.75 Å². The third-order valence-corrected chi connectivity index (χ3v) is 7.68. The normalized spacial score (nSPS) is 36.7. The van der Waals surface area contributed by atoms with Gasteiger partial charge in [0.05, 0.1) is 12.2 Å². The Morgan fingerprint density at radius 3 is 2.82 bits per heavy atom. The van der Waals surface area contributed by atoms with E-state index in [-0.39, 0.29) is 10.5 Å². The van der Waals surface area contributed by atoms with Gasteiger partial charge in [0.2, 0.25) is 0 Å². The number of aryl methyl sites for hydroxylation is 1. The van der Waals surface area contributed by atoms with Crippen LogP contribution in [0.15, 0.2) is 18.2 Å². The Kier molecular flexibility index (Phi) is 3.77. The van der Waals surface area contributed by atoms with Crippen LogP contribution in [0, 0.1) is 0 Å². The molecule has 4 heteroatoms. The summed E-state index contributed by atoms with van der Waals surface area (Å²) in [5, 5.41) is 11.4. The van der Waals surface area contributed by atoms with Crippen molar-refractivity contribution in [1.29, 1.82) is 0 Å². The molecule has 3 aliphatic heterocycles. The fourth-order valence-corrected chi connectivity index (χ4v) is 6.64. The lowest BCUT2D eigenvalue weighted by Crippen LogP contribution is -2.49. The molecule has 1 aromatic rings. The summed E-state index contributed by atoms with van der Waals surface area (Å²) in [6, 6.07) is 6.41. The van der Waals surface area contributed by atoms with Gasteiger partial charge in [-0.25, -0.2) is 0 Å². The smallest absolute Gasteiger partial charge is 0.122 e. The van der Waals surface area contributed by atoms with Crippen LogP contribution in [0.25, 0.3) is 0 Å². The first-order chi connectivity index (χ1) is 10.6. The molecule has 0 saturated carbocycles. The van der Waals surface area contributed by atoms with Gasteiger partial charge >= 0.3 is 0 Å². The molecule has 1 aromatic carbocycles. The van der Waals surface area contributed by atoms with Crippen LogP contribution in [0.2, 0.25) is 0 Å². The van der Waals surface area contributed by atoms with Crippen molar-refractivity contribution < 1.29 is 14.1 Å². The van der Waals surface area contributed by atoms with E-state index in [9.17, 15) is 9.32 Å². The van der Waals surface area contributed by atoms with E-state index in [4.69, 9.17) is 4.74 Å². The Morgan fingerprint density at radius 2 is 2.05 bits per heavy atom. The van der Waals surface area contributed by atoms with Gasteiger partial charge < -0.3 is 9.84 Å². The largest absolute Gasteiger partial charge is 0.493 e. The molecular weight excluding hydrogens is 296 g/mol. The standard InChI is InChI=1S/C18H24O3S/c19-18(11-15-2-1-3-16(12-18)22(15)20)8-6-13-4-5-17-14(10-13)7-9-21-17/h4-5,10,15-16,19H,1-3,6-9,11-12H2. The van der Waals surface area contributed by atoms with Crippen molar-refractivity contribution in [2.24, 2.45) is 0 Å². The number of fused-ring (bicyclic) bond motifs is 3. The first-order valence-electron chi connectivity index (χ1n) is 8.49. The molecule has 2 atom stereocenters. The molecule has 4 rings (SSSR count).